The Kier molecular flexibility index (Phi) is 2.62. The zero-order valence-electron chi connectivity index (χ0n) is 11.3. The van der Waals surface area contributed by atoms with E-state index in [1.54, 1.807) is 0 Å². The maximum atomic E-state index is 12.5. The van der Waals surface area contributed by atoms with Crippen LogP contribution in [0.4, 0.5) is 0 Å². The van der Waals surface area contributed by atoms with E-state index in [2.05, 4.69) is 11.2 Å². The van der Waals surface area contributed by atoms with Gasteiger partial charge in [-0.3, -0.25) is 4.79 Å². The zero-order valence-corrected chi connectivity index (χ0v) is 11.3. The zero-order chi connectivity index (χ0) is 13.5. The first kappa shape index (κ1) is 11.7. The van der Waals surface area contributed by atoms with Crippen molar-refractivity contribution >= 4 is 5.91 Å². The van der Waals surface area contributed by atoms with Crippen LogP contribution >= 0.6 is 0 Å². The Morgan fingerprint density at radius 2 is 1.95 bits per heavy atom. The average Bonchev–Trinajstić information content (AvgIpc) is 3.16. The largest absolute Gasteiger partial charge is 0.355 e. The molecular weight excluding hydrogens is 252 g/mol. The summed E-state index contributed by atoms with van der Waals surface area (Å²) in [6, 6.07) is 8.19. The number of rotatable bonds is 1. The van der Waals surface area contributed by atoms with E-state index in [0.29, 0.717) is 5.69 Å². The molecule has 4 rings (SSSR count). The Bertz CT molecular complexity index is 669. The Morgan fingerprint density at radius 3 is 2.80 bits per heavy atom. The van der Waals surface area contributed by atoms with Gasteiger partial charge in [-0.15, -0.1) is 0 Å². The summed E-state index contributed by atoms with van der Waals surface area (Å²) in [4.78, 5) is 14.4. The van der Waals surface area contributed by atoms with Crippen LogP contribution in [0.3, 0.4) is 0 Å². The number of hydrogen-bond donors (Lipinski definition) is 0. The number of carbonyl (C=O) groups excluding carboxylic acids is 1. The first-order chi connectivity index (χ1) is 9.84. The van der Waals surface area contributed by atoms with E-state index < -0.39 is 0 Å². The molecule has 1 aliphatic carbocycles. The summed E-state index contributed by atoms with van der Waals surface area (Å²) in [5, 5.41) is 4.07. The molecule has 0 spiro atoms. The molecule has 4 heteroatoms. The standard InChI is InChI=1S/C16H16N2O2/c19-16(18-9-3-4-10-18)14-13-8-7-11-5-1-2-6-12(11)15(13)20-17-14/h1-2,5-6H,3-4,7-10H2. The van der Waals surface area contributed by atoms with Crippen LogP contribution in [0, 0.1) is 0 Å². The van der Waals surface area contributed by atoms with Gasteiger partial charge in [-0.05, 0) is 31.2 Å². The minimum atomic E-state index is 0.0341. The van der Waals surface area contributed by atoms with Crippen molar-refractivity contribution in [3.05, 3.63) is 41.1 Å². The van der Waals surface area contributed by atoms with E-state index in [0.717, 1.165) is 55.7 Å². The van der Waals surface area contributed by atoms with Crippen LogP contribution in [-0.4, -0.2) is 29.1 Å². The van der Waals surface area contributed by atoms with Gasteiger partial charge in [-0.25, -0.2) is 0 Å². The maximum Gasteiger partial charge on any atom is 0.276 e. The summed E-state index contributed by atoms with van der Waals surface area (Å²) in [6.07, 6.45) is 3.97. The predicted molar refractivity (Wildman–Crippen MR) is 74.5 cm³/mol. The summed E-state index contributed by atoms with van der Waals surface area (Å²) < 4.78 is 5.50. The van der Waals surface area contributed by atoms with Gasteiger partial charge in [0.15, 0.2) is 11.5 Å². The summed E-state index contributed by atoms with van der Waals surface area (Å²) in [5.41, 5.74) is 3.87. The lowest BCUT2D eigenvalue weighted by molar-refractivity contribution is 0.0781. The minimum absolute atomic E-state index is 0.0341. The molecule has 4 nitrogen and oxygen atoms in total. The Hall–Kier alpha value is -2.10. The summed E-state index contributed by atoms with van der Waals surface area (Å²) in [7, 11) is 0. The van der Waals surface area contributed by atoms with E-state index in [4.69, 9.17) is 4.52 Å². The second-order valence-corrected chi connectivity index (χ2v) is 5.50. The van der Waals surface area contributed by atoms with Crippen molar-refractivity contribution in [2.45, 2.75) is 25.7 Å². The number of aryl methyl sites for hydroxylation is 1. The molecule has 1 aromatic heterocycles. The van der Waals surface area contributed by atoms with E-state index in [9.17, 15) is 4.79 Å². The molecule has 0 bridgehead atoms. The summed E-state index contributed by atoms with van der Waals surface area (Å²) in [5.74, 6) is 0.821. The van der Waals surface area contributed by atoms with Gasteiger partial charge in [0, 0.05) is 24.2 Å². The molecule has 2 heterocycles. The van der Waals surface area contributed by atoms with Gasteiger partial charge in [0.1, 0.15) is 0 Å². The van der Waals surface area contributed by atoms with Crippen molar-refractivity contribution in [1.82, 2.24) is 10.1 Å². The summed E-state index contributed by atoms with van der Waals surface area (Å²) >= 11 is 0. The molecule has 102 valence electrons. The van der Waals surface area contributed by atoms with Crippen molar-refractivity contribution in [2.24, 2.45) is 0 Å². The number of benzene rings is 1. The highest BCUT2D eigenvalue weighted by Gasteiger charge is 2.30. The van der Waals surface area contributed by atoms with Crippen LogP contribution in [-0.2, 0) is 12.8 Å². The number of carbonyl (C=O) groups is 1. The minimum Gasteiger partial charge on any atom is -0.355 e. The number of aromatic nitrogens is 1. The van der Waals surface area contributed by atoms with Gasteiger partial charge in [-0.1, -0.05) is 29.4 Å². The third kappa shape index (κ3) is 1.68. The molecule has 0 radical (unpaired) electrons. The molecule has 2 aliphatic rings. The highest BCUT2D eigenvalue weighted by Crippen LogP contribution is 2.35. The van der Waals surface area contributed by atoms with Gasteiger partial charge in [0.25, 0.3) is 5.91 Å². The SMILES string of the molecule is O=C(c1noc2c1CCc1ccccc1-2)N1CCCC1. The van der Waals surface area contributed by atoms with Gasteiger partial charge in [0.05, 0.1) is 0 Å². The van der Waals surface area contributed by atoms with Crippen molar-refractivity contribution < 1.29 is 9.32 Å². The van der Waals surface area contributed by atoms with Gasteiger partial charge in [0.2, 0.25) is 0 Å². The molecule has 0 N–H and O–H groups in total. The molecule has 1 amide bonds. The van der Waals surface area contributed by atoms with Crippen LogP contribution in [0.15, 0.2) is 28.8 Å². The highest BCUT2D eigenvalue weighted by atomic mass is 16.5. The number of fused-ring (bicyclic) bond motifs is 3. The van der Waals surface area contributed by atoms with Crippen LogP contribution in [0.2, 0.25) is 0 Å². The fraction of sp³-hybridized carbons (Fsp3) is 0.375. The first-order valence-corrected chi connectivity index (χ1v) is 7.20. The van der Waals surface area contributed by atoms with Crippen LogP contribution in [0.25, 0.3) is 11.3 Å². The highest BCUT2D eigenvalue weighted by molar-refractivity contribution is 5.95. The lowest BCUT2D eigenvalue weighted by Gasteiger charge is -2.16. The molecule has 1 fully saturated rings. The lowest BCUT2D eigenvalue weighted by Crippen LogP contribution is -2.29. The Balaban J connectivity index is 1.75. The lowest BCUT2D eigenvalue weighted by atomic mass is 9.89. The van der Waals surface area contributed by atoms with Crippen molar-refractivity contribution in [3.8, 4) is 11.3 Å². The van der Waals surface area contributed by atoms with E-state index in [1.165, 1.54) is 5.56 Å². The molecule has 1 aliphatic heterocycles. The van der Waals surface area contributed by atoms with E-state index in [-0.39, 0.29) is 5.91 Å². The molecule has 0 atom stereocenters. The molecule has 20 heavy (non-hydrogen) atoms. The normalized spacial score (nSPS) is 16.9. The number of hydrogen-bond acceptors (Lipinski definition) is 3. The second kappa shape index (κ2) is 4.47. The van der Waals surface area contributed by atoms with Gasteiger partial charge >= 0.3 is 0 Å². The van der Waals surface area contributed by atoms with E-state index >= 15 is 0 Å². The first-order valence-electron chi connectivity index (χ1n) is 7.20. The van der Waals surface area contributed by atoms with Crippen molar-refractivity contribution in [3.63, 3.8) is 0 Å². The van der Waals surface area contributed by atoms with Crippen LogP contribution in [0.1, 0.15) is 34.5 Å². The topological polar surface area (TPSA) is 46.3 Å². The average molecular weight is 268 g/mol. The number of nitrogens with zero attached hydrogens (tertiary/aromatic N) is 2. The fourth-order valence-electron chi connectivity index (χ4n) is 3.21. The Morgan fingerprint density at radius 1 is 1.15 bits per heavy atom. The predicted octanol–water partition coefficient (Wildman–Crippen LogP) is 2.68. The van der Waals surface area contributed by atoms with Crippen LogP contribution in [0.5, 0.6) is 0 Å². The smallest absolute Gasteiger partial charge is 0.276 e. The third-order valence-electron chi connectivity index (χ3n) is 4.29. The van der Waals surface area contributed by atoms with E-state index in [1.807, 2.05) is 23.1 Å². The van der Waals surface area contributed by atoms with Gasteiger partial charge < -0.3 is 9.42 Å². The van der Waals surface area contributed by atoms with Crippen molar-refractivity contribution in [2.75, 3.05) is 13.1 Å². The fourth-order valence-corrected chi connectivity index (χ4v) is 3.21. The second-order valence-electron chi connectivity index (χ2n) is 5.50. The molecule has 0 saturated carbocycles. The number of likely N-dealkylation sites (tertiary alicyclic amines) is 1. The Labute approximate surface area is 117 Å². The number of amides is 1. The molecule has 0 unspecified atom stereocenters. The molecule has 2 aromatic rings. The monoisotopic (exact) mass is 268 g/mol. The summed E-state index contributed by atoms with van der Waals surface area (Å²) in [6.45, 7) is 1.69. The molecular formula is C16H16N2O2. The molecule has 1 saturated heterocycles. The van der Waals surface area contributed by atoms with Gasteiger partial charge in [-0.2, -0.15) is 0 Å². The van der Waals surface area contributed by atoms with Crippen LogP contribution < -0.4 is 0 Å². The maximum absolute atomic E-state index is 12.5. The third-order valence-corrected chi connectivity index (χ3v) is 4.29. The molecule has 1 aromatic carbocycles. The quantitative estimate of drug-likeness (QED) is 0.798. The van der Waals surface area contributed by atoms with Crippen molar-refractivity contribution in [1.29, 1.82) is 0 Å².